The number of nitrogens with zero attached hydrogens (tertiary/aromatic N) is 4. The average Bonchev–Trinajstić information content (AvgIpc) is 3.04. The Morgan fingerprint density at radius 1 is 1.14 bits per heavy atom. The van der Waals surface area contributed by atoms with Crippen molar-refractivity contribution in [3.63, 3.8) is 0 Å². The largest absolute Gasteiger partial charge is 0.324 e. The third-order valence-electron chi connectivity index (χ3n) is 3.78. The fraction of sp³-hybridized carbons (Fsp3) is 0.118. The summed E-state index contributed by atoms with van der Waals surface area (Å²) in [5.41, 5.74) is 0.729. The van der Waals surface area contributed by atoms with Crippen molar-refractivity contribution in [3.8, 4) is 11.4 Å². The van der Waals surface area contributed by atoms with Crippen molar-refractivity contribution in [1.29, 1.82) is 0 Å². The molecule has 12 heteroatoms. The second-order valence-corrected chi connectivity index (χ2v) is 7.92. The van der Waals surface area contributed by atoms with Gasteiger partial charge in [0, 0.05) is 24.7 Å². The number of carbonyl (C=O) groups is 1. The molecule has 0 fully saturated rings. The minimum atomic E-state index is -0.565. The zero-order valence-corrected chi connectivity index (χ0v) is 17.8. The van der Waals surface area contributed by atoms with E-state index in [0.717, 1.165) is 17.3 Å². The van der Waals surface area contributed by atoms with E-state index in [2.05, 4.69) is 15.5 Å². The topological polar surface area (TPSA) is 103 Å². The van der Waals surface area contributed by atoms with Gasteiger partial charge < -0.3 is 9.88 Å². The van der Waals surface area contributed by atoms with Crippen LogP contribution in [0.5, 0.6) is 0 Å². The van der Waals surface area contributed by atoms with Crippen LogP contribution in [0.15, 0.2) is 41.6 Å². The summed E-state index contributed by atoms with van der Waals surface area (Å²) in [6.45, 7) is 0. The van der Waals surface area contributed by atoms with Gasteiger partial charge in [-0.25, -0.2) is 0 Å². The molecule has 0 aliphatic rings. The van der Waals surface area contributed by atoms with Gasteiger partial charge in [0.1, 0.15) is 0 Å². The van der Waals surface area contributed by atoms with Gasteiger partial charge in [0.2, 0.25) is 5.91 Å². The van der Waals surface area contributed by atoms with Crippen LogP contribution in [0.1, 0.15) is 0 Å². The Kier molecular flexibility index (Phi) is 6.63. The summed E-state index contributed by atoms with van der Waals surface area (Å²) in [6.07, 6.45) is 0. The smallest absolute Gasteiger partial charge is 0.271 e. The number of nitro groups is 1. The number of thioether (sulfide) groups is 1. The van der Waals surface area contributed by atoms with E-state index in [0.29, 0.717) is 21.0 Å². The molecule has 1 aromatic heterocycles. The number of anilines is 1. The molecule has 29 heavy (non-hydrogen) atoms. The molecule has 1 amide bonds. The first-order chi connectivity index (χ1) is 13.8. The highest BCUT2D eigenvalue weighted by Crippen LogP contribution is 2.30. The molecule has 0 bridgehead atoms. The summed E-state index contributed by atoms with van der Waals surface area (Å²) in [7, 11) is 1.76. The Bertz CT molecular complexity index is 1110. The number of nitro benzene ring substituents is 1. The molecule has 0 atom stereocenters. The number of halogens is 3. The van der Waals surface area contributed by atoms with Gasteiger partial charge >= 0.3 is 0 Å². The molecule has 1 heterocycles. The highest BCUT2D eigenvalue weighted by Gasteiger charge is 2.16. The molecule has 0 unspecified atom stereocenters. The Balaban J connectivity index is 1.68. The first kappa shape index (κ1) is 21.4. The molecule has 2 aromatic carbocycles. The van der Waals surface area contributed by atoms with E-state index in [4.69, 9.17) is 34.8 Å². The van der Waals surface area contributed by atoms with E-state index in [9.17, 15) is 14.9 Å². The van der Waals surface area contributed by atoms with Crippen LogP contribution in [-0.2, 0) is 11.8 Å². The zero-order valence-electron chi connectivity index (χ0n) is 14.7. The van der Waals surface area contributed by atoms with Gasteiger partial charge in [-0.1, -0.05) is 46.6 Å². The molecule has 3 aromatic rings. The number of amides is 1. The van der Waals surface area contributed by atoms with Gasteiger partial charge in [-0.3, -0.25) is 14.9 Å². The van der Waals surface area contributed by atoms with Crippen molar-refractivity contribution >= 4 is 63.8 Å². The predicted octanol–water partition coefficient (Wildman–Crippen LogP) is 5.08. The number of carbonyl (C=O) groups excluding carboxylic acids is 1. The van der Waals surface area contributed by atoms with Crippen molar-refractivity contribution in [2.75, 3.05) is 11.1 Å². The van der Waals surface area contributed by atoms with Crippen LogP contribution in [-0.4, -0.2) is 31.3 Å². The van der Waals surface area contributed by atoms with E-state index in [1.165, 1.54) is 18.2 Å². The maximum atomic E-state index is 12.2. The van der Waals surface area contributed by atoms with E-state index < -0.39 is 10.8 Å². The zero-order chi connectivity index (χ0) is 21.1. The van der Waals surface area contributed by atoms with Crippen LogP contribution in [0.4, 0.5) is 11.4 Å². The van der Waals surface area contributed by atoms with Crippen molar-refractivity contribution in [1.82, 2.24) is 14.8 Å². The average molecular weight is 473 g/mol. The van der Waals surface area contributed by atoms with Crippen molar-refractivity contribution in [2.45, 2.75) is 5.16 Å². The Labute approximate surface area is 184 Å². The van der Waals surface area contributed by atoms with Crippen LogP contribution in [0, 0.1) is 10.1 Å². The number of nitrogens with one attached hydrogen (secondary N) is 1. The summed E-state index contributed by atoms with van der Waals surface area (Å²) in [5, 5.41) is 23.2. The summed E-state index contributed by atoms with van der Waals surface area (Å²) in [5.74, 6) is 0.177. The number of hydrogen-bond acceptors (Lipinski definition) is 6. The van der Waals surface area contributed by atoms with E-state index in [1.807, 2.05) is 0 Å². The van der Waals surface area contributed by atoms with Gasteiger partial charge in [0.05, 0.1) is 31.4 Å². The maximum absolute atomic E-state index is 12.2. The minimum absolute atomic E-state index is 0.00632. The highest BCUT2D eigenvalue weighted by molar-refractivity contribution is 7.99. The Morgan fingerprint density at radius 2 is 1.86 bits per heavy atom. The minimum Gasteiger partial charge on any atom is -0.324 e. The summed E-state index contributed by atoms with van der Waals surface area (Å²) in [6, 6.07) is 8.93. The standard InChI is InChI=1S/C17H12Cl3N5O3S/c1-24-16(9-2-4-11(18)13(20)6-9)22-23-17(24)29-8-15(26)21-14-7-10(25(27)28)3-5-12(14)19/h2-7H,8H2,1H3,(H,21,26). The number of benzene rings is 2. The van der Waals surface area contributed by atoms with Crippen LogP contribution in [0.2, 0.25) is 15.1 Å². The summed E-state index contributed by atoms with van der Waals surface area (Å²) < 4.78 is 1.72. The second-order valence-electron chi connectivity index (χ2n) is 5.75. The molecule has 0 saturated heterocycles. The van der Waals surface area contributed by atoms with Gasteiger partial charge in [-0.2, -0.15) is 0 Å². The number of rotatable bonds is 6. The Hall–Kier alpha value is -2.33. The molecule has 8 nitrogen and oxygen atoms in total. The van der Waals surface area contributed by atoms with Crippen molar-refractivity contribution in [3.05, 3.63) is 61.6 Å². The molecule has 0 saturated carbocycles. The van der Waals surface area contributed by atoms with Crippen LogP contribution >= 0.6 is 46.6 Å². The molecule has 3 rings (SSSR count). The number of hydrogen-bond donors (Lipinski definition) is 1. The molecule has 0 spiro atoms. The Morgan fingerprint density at radius 3 is 2.55 bits per heavy atom. The normalized spacial score (nSPS) is 10.8. The molecular formula is C17H12Cl3N5O3S. The SMILES string of the molecule is Cn1c(SCC(=O)Nc2cc([N+](=O)[O-])ccc2Cl)nnc1-c1ccc(Cl)c(Cl)c1. The third-order valence-corrected chi connectivity index (χ3v) is 5.87. The van der Waals surface area contributed by atoms with Crippen molar-refractivity contribution in [2.24, 2.45) is 7.05 Å². The third kappa shape index (κ3) is 4.99. The second kappa shape index (κ2) is 9.00. The first-order valence-electron chi connectivity index (χ1n) is 7.97. The van der Waals surface area contributed by atoms with Crippen LogP contribution in [0.25, 0.3) is 11.4 Å². The molecule has 1 N–H and O–H groups in total. The molecule has 0 aliphatic heterocycles. The van der Waals surface area contributed by atoms with Crippen molar-refractivity contribution < 1.29 is 9.72 Å². The predicted molar refractivity (Wildman–Crippen MR) is 114 cm³/mol. The summed E-state index contributed by atoms with van der Waals surface area (Å²) in [4.78, 5) is 22.5. The van der Waals surface area contributed by atoms with E-state index >= 15 is 0 Å². The van der Waals surface area contributed by atoms with Gasteiger partial charge in [0.15, 0.2) is 11.0 Å². The van der Waals surface area contributed by atoms with Crippen LogP contribution in [0.3, 0.4) is 0 Å². The number of non-ortho nitro benzene ring substituents is 1. The van der Waals surface area contributed by atoms with E-state index in [-0.39, 0.29) is 22.2 Å². The fourth-order valence-electron chi connectivity index (χ4n) is 2.37. The lowest BCUT2D eigenvalue weighted by Gasteiger charge is -2.07. The van der Waals surface area contributed by atoms with Gasteiger partial charge in [-0.05, 0) is 24.3 Å². The number of aromatic nitrogens is 3. The van der Waals surface area contributed by atoms with Gasteiger partial charge in [-0.15, -0.1) is 10.2 Å². The quantitative estimate of drug-likeness (QED) is 0.305. The maximum Gasteiger partial charge on any atom is 0.271 e. The first-order valence-corrected chi connectivity index (χ1v) is 10.1. The molecule has 0 aliphatic carbocycles. The fourth-order valence-corrected chi connectivity index (χ4v) is 3.54. The van der Waals surface area contributed by atoms with Gasteiger partial charge in [0.25, 0.3) is 5.69 Å². The lowest BCUT2D eigenvalue weighted by molar-refractivity contribution is -0.384. The highest BCUT2D eigenvalue weighted by atomic mass is 35.5. The lowest BCUT2D eigenvalue weighted by Crippen LogP contribution is -2.15. The van der Waals surface area contributed by atoms with E-state index in [1.54, 1.807) is 29.8 Å². The lowest BCUT2D eigenvalue weighted by atomic mass is 10.2. The molecule has 150 valence electrons. The summed E-state index contributed by atoms with van der Waals surface area (Å²) >= 11 is 19.1. The van der Waals surface area contributed by atoms with Crippen LogP contribution < -0.4 is 5.32 Å². The molecular weight excluding hydrogens is 461 g/mol. The molecule has 0 radical (unpaired) electrons. The monoisotopic (exact) mass is 471 g/mol.